The maximum absolute atomic E-state index is 11.4. The minimum atomic E-state index is -0.408. The largest absolute Gasteiger partial charge is 0.382 e. The summed E-state index contributed by atoms with van der Waals surface area (Å²) in [5, 5.41) is 12.5. The molecule has 0 saturated carbocycles. The second-order valence-corrected chi connectivity index (χ2v) is 10.4. The number of alkyl halides is 2. The molecule has 0 aliphatic carbocycles. The first-order valence-electron chi connectivity index (χ1n) is 9.09. The quantitative estimate of drug-likeness (QED) is 0.341. The van der Waals surface area contributed by atoms with Gasteiger partial charge in [0.25, 0.3) is 0 Å². The summed E-state index contributed by atoms with van der Waals surface area (Å²) < 4.78 is 3.00. The van der Waals surface area contributed by atoms with Crippen LogP contribution >= 0.6 is 45.2 Å². The van der Waals surface area contributed by atoms with Crippen molar-refractivity contribution in [3.63, 3.8) is 0 Å². The smallest absolute Gasteiger partial charge is 0.131 e. The predicted molar refractivity (Wildman–Crippen MR) is 119 cm³/mol. The number of rotatable bonds is 4. The van der Waals surface area contributed by atoms with Crippen molar-refractivity contribution in [2.75, 3.05) is 24.6 Å². The van der Waals surface area contributed by atoms with Gasteiger partial charge >= 0.3 is 0 Å². The Morgan fingerprint density at radius 2 is 2.12 bits per heavy atom. The topological polar surface area (TPSA) is 33.1 Å². The van der Waals surface area contributed by atoms with Crippen molar-refractivity contribution in [3.8, 4) is 0 Å². The minimum absolute atomic E-state index is 0.304. The van der Waals surface area contributed by atoms with Crippen molar-refractivity contribution in [3.05, 3.63) is 42.1 Å². The van der Waals surface area contributed by atoms with Crippen LogP contribution in [0.4, 0.5) is 0 Å². The van der Waals surface area contributed by atoms with Gasteiger partial charge in [-0.05, 0) is 23.6 Å². The molecule has 3 fully saturated rings. The van der Waals surface area contributed by atoms with E-state index < -0.39 is 6.10 Å². The molecule has 2 bridgehead atoms. The third-order valence-electron chi connectivity index (χ3n) is 6.57. The van der Waals surface area contributed by atoms with E-state index in [1.807, 2.05) is 30.5 Å². The van der Waals surface area contributed by atoms with Crippen LogP contribution in [-0.4, -0.2) is 49.1 Å². The van der Waals surface area contributed by atoms with Crippen LogP contribution in [0.1, 0.15) is 24.5 Å². The average Bonchev–Trinajstić information content (AvgIpc) is 2.66. The number of para-hydroxylation sites is 1. The summed E-state index contributed by atoms with van der Waals surface area (Å²) in [6, 6.07) is 10.5. The highest BCUT2D eigenvalue weighted by atomic mass is 127. The van der Waals surface area contributed by atoms with Crippen molar-refractivity contribution < 1.29 is 9.59 Å². The molecule has 5 heteroatoms. The maximum Gasteiger partial charge on any atom is 0.131 e. The van der Waals surface area contributed by atoms with E-state index in [-0.39, 0.29) is 0 Å². The number of aliphatic hydroxyl groups excluding tert-OH is 1. The lowest BCUT2D eigenvalue weighted by Gasteiger charge is -2.57. The van der Waals surface area contributed by atoms with Crippen LogP contribution < -0.4 is 0 Å². The summed E-state index contributed by atoms with van der Waals surface area (Å²) in [4.78, 5) is 4.46. The van der Waals surface area contributed by atoms with E-state index in [0.29, 0.717) is 6.04 Å². The second kappa shape index (κ2) is 7.20. The van der Waals surface area contributed by atoms with Crippen molar-refractivity contribution in [2.45, 2.75) is 28.9 Å². The fraction of sp³-hybridized carbons (Fsp3) is 0.550. The molecule has 1 aromatic heterocycles. The Labute approximate surface area is 177 Å². The standard InChI is InChI=1S/C20H25I2N2O/c1-24-9-7-13(16(12-24)17(22)11-21)10-19(24)20(25)15-6-8-23-18-5-3-2-4-14(15)18/h2-6,8,13,16-17,19-20,25H,7,9-12H2,1H3/q+1/t13-,16-,17?,19-,20+,24?/m0/s1. The average molecular weight is 563 g/mol. The van der Waals surface area contributed by atoms with E-state index in [9.17, 15) is 5.11 Å². The molecular formula is C20H25I2N2O+. The van der Waals surface area contributed by atoms with E-state index in [1.54, 1.807) is 0 Å². The number of likely N-dealkylation sites (N-methyl/N-ethyl adjacent to an activating group) is 1. The van der Waals surface area contributed by atoms with Crippen molar-refractivity contribution >= 4 is 56.1 Å². The number of aliphatic hydroxyl groups is 1. The molecule has 0 radical (unpaired) electrons. The number of pyridine rings is 1. The van der Waals surface area contributed by atoms with Gasteiger partial charge in [0.05, 0.1) is 25.7 Å². The number of hydrogen-bond donors (Lipinski definition) is 1. The van der Waals surface area contributed by atoms with Crippen LogP contribution in [0.2, 0.25) is 0 Å². The van der Waals surface area contributed by atoms with E-state index in [1.165, 1.54) is 23.9 Å². The number of hydrogen-bond acceptors (Lipinski definition) is 2. The van der Waals surface area contributed by atoms with Gasteiger partial charge in [0, 0.05) is 38.7 Å². The first-order valence-corrected chi connectivity index (χ1v) is 11.9. The molecule has 5 rings (SSSR count). The monoisotopic (exact) mass is 563 g/mol. The van der Waals surface area contributed by atoms with E-state index in [0.717, 1.165) is 43.1 Å². The molecule has 3 saturated heterocycles. The van der Waals surface area contributed by atoms with Crippen LogP contribution in [0.25, 0.3) is 10.9 Å². The Bertz CT molecular complexity index is 765. The highest BCUT2D eigenvalue weighted by molar-refractivity contribution is 14.1. The maximum atomic E-state index is 11.4. The van der Waals surface area contributed by atoms with Crippen molar-refractivity contribution in [1.29, 1.82) is 0 Å². The zero-order valence-electron chi connectivity index (χ0n) is 14.5. The molecule has 6 atom stereocenters. The molecular weight excluding hydrogens is 538 g/mol. The van der Waals surface area contributed by atoms with Gasteiger partial charge in [-0.3, -0.25) is 4.98 Å². The molecule has 4 heterocycles. The second-order valence-electron chi connectivity index (χ2n) is 7.93. The lowest BCUT2D eigenvalue weighted by atomic mass is 9.71. The number of benzene rings is 1. The van der Waals surface area contributed by atoms with Crippen molar-refractivity contribution in [2.24, 2.45) is 11.8 Å². The van der Waals surface area contributed by atoms with Gasteiger partial charge in [-0.15, -0.1) is 0 Å². The zero-order chi connectivity index (χ0) is 17.6. The van der Waals surface area contributed by atoms with Crippen LogP contribution in [0.15, 0.2) is 36.5 Å². The Morgan fingerprint density at radius 3 is 2.88 bits per heavy atom. The Hall–Kier alpha value is 0.0100. The van der Waals surface area contributed by atoms with Gasteiger partial charge in [-0.2, -0.15) is 0 Å². The van der Waals surface area contributed by atoms with Gasteiger partial charge in [0.15, 0.2) is 0 Å². The van der Waals surface area contributed by atoms with Gasteiger partial charge < -0.3 is 9.59 Å². The number of aromatic nitrogens is 1. The summed E-state index contributed by atoms with van der Waals surface area (Å²) in [6.07, 6.45) is 3.90. The molecule has 3 aliphatic heterocycles. The predicted octanol–water partition coefficient (Wildman–Crippen LogP) is 4.36. The SMILES string of the molecule is C[N+]12CC[C@@H](C[C@H]1[C@H](O)c1ccnc3ccccc13)[C@@H](C(I)CI)C2. The summed E-state index contributed by atoms with van der Waals surface area (Å²) in [5.41, 5.74) is 2.03. The lowest BCUT2D eigenvalue weighted by molar-refractivity contribution is -0.957. The first kappa shape index (κ1) is 18.4. The summed E-state index contributed by atoms with van der Waals surface area (Å²) in [6.45, 7) is 2.42. The number of piperidine rings is 3. The number of halogens is 2. The number of nitrogens with zero attached hydrogens (tertiary/aromatic N) is 2. The van der Waals surface area contributed by atoms with Crippen LogP contribution in [0.5, 0.6) is 0 Å². The molecule has 2 unspecified atom stereocenters. The lowest BCUT2D eigenvalue weighted by Crippen LogP contribution is -2.67. The molecule has 0 amide bonds. The first-order chi connectivity index (χ1) is 12.0. The Balaban J connectivity index is 1.66. The van der Waals surface area contributed by atoms with Crippen LogP contribution in [0.3, 0.4) is 0 Å². The Morgan fingerprint density at radius 1 is 1.32 bits per heavy atom. The molecule has 0 spiro atoms. The molecule has 25 heavy (non-hydrogen) atoms. The highest BCUT2D eigenvalue weighted by Gasteiger charge is 2.53. The summed E-state index contributed by atoms with van der Waals surface area (Å²) in [7, 11) is 2.37. The normalized spacial score (nSPS) is 34.2. The van der Waals surface area contributed by atoms with Crippen molar-refractivity contribution in [1.82, 2.24) is 4.98 Å². The molecule has 3 nitrogen and oxygen atoms in total. The van der Waals surface area contributed by atoms with Crippen LogP contribution in [0, 0.1) is 11.8 Å². The third-order valence-corrected chi connectivity index (χ3v) is 10.6. The fourth-order valence-electron chi connectivity index (χ4n) is 5.13. The minimum Gasteiger partial charge on any atom is -0.382 e. The summed E-state index contributed by atoms with van der Waals surface area (Å²) >= 11 is 5.18. The van der Waals surface area contributed by atoms with E-state index >= 15 is 0 Å². The number of fused-ring (bicyclic) bond motifs is 4. The highest BCUT2D eigenvalue weighted by Crippen LogP contribution is 2.47. The number of quaternary nitrogens is 1. The van der Waals surface area contributed by atoms with Crippen LogP contribution in [-0.2, 0) is 0 Å². The van der Waals surface area contributed by atoms with E-state index in [2.05, 4.69) is 63.3 Å². The molecule has 1 N–H and O–H groups in total. The molecule has 3 aliphatic rings. The van der Waals surface area contributed by atoms with Gasteiger partial charge in [0.2, 0.25) is 0 Å². The fourth-order valence-corrected chi connectivity index (χ4v) is 6.60. The van der Waals surface area contributed by atoms with Gasteiger partial charge in [-0.1, -0.05) is 63.4 Å². The summed E-state index contributed by atoms with van der Waals surface area (Å²) in [5.74, 6) is 1.57. The zero-order valence-corrected chi connectivity index (χ0v) is 18.8. The third kappa shape index (κ3) is 3.23. The molecule has 1 aromatic carbocycles. The molecule has 2 aromatic rings. The molecule has 134 valence electrons. The van der Waals surface area contributed by atoms with Gasteiger partial charge in [-0.25, -0.2) is 0 Å². The Kier molecular flexibility index (Phi) is 5.29. The van der Waals surface area contributed by atoms with Gasteiger partial charge in [0.1, 0.15) is 12.1 Å². The van der Waals surface area contributed by atoms with E-state index in [4.69, 9.17) is 0 Å².